The maximum absolute atomic E-state index is 12.2. The molecular weight excluding hydrogens is 274 g/mol. The van der Waals surface area contributed by atoms with E-state index in [9.17, 15) is 14.7 Å². The van der Waals surface area contributed by atoms with E-state index in [1.54, 1.807) is 23.7 Å². The number of aromatic nitrogens is 2. The Labute approximate surface area is 123 Å². The largest absolute Gasteiger partial charge is 0.481 e. The number of nitrogens with zero attached hydrogens (tertiary/aromatic N) is 3. The molecule has 116 valence electrons. The van der Waals surface area contributed by atoms with E-state index in [-0.39, 0.29) is 12.3 Å². The van der Waals surface area contributed by atoms with Crippen LogP contribution < -0.4 is 0 Å². The number of carbonyl (C=O) groups excluding carboxylic acids is 1. The van der Waals surface area contributed by atoms with Crippen LogP contribution in [0.1, 0.15) is 30.6 Å². The third-order valence-electron chi connectivity index (χ3n) is 3.88. The molecule has 1 N–H and O–H groups in total. The molecule has 2 heterocycles. The minimum Gasteiger partial charge on any atom is -0.481 e. The predicted molar refractivity (Wildman–Crippen MR) is 74.7 cm³/mol. The van der Waals surface area contributed by atoms with Crippen molar-refractivity contribution < 1.29 is 19.4 Å². The van der Waals surface area contributed by atoms with Crippen LogP contribution in [0.4, 0.5) is 0 Å². The number of aryl methyl sites for hydroxylation is 2. The van der Waals surface area contributed by atoms with Gasteiger partial charge in [0.25, 0.3) is 0 Å². The summed E-state index contributed by atoms with van der Waals surface area (Å²) in [6, 6.07) is -0.464. The minimum atomic E-state index is -0.945. The summed E-state index contributed by atoms with van der Waals surface area (Å²) in [5.41, 5.74) is 1.67. The number of carboxylic acid groups (broad SMARTS) is 1. The maximum Gasteiger partial charge on any atom is 0.309 e. The Bertz CT molecular complexity index is 540. The standard InChI is InChI=1S/C14H21N3O4/c1-4-11-10(8-16(2)15-11)13-9(14(19)20)7-12(18)17(13)5-6-21-3/h8-9,13H,4-7H2,1-3H3,(H,19,20). The van der Waals surface area contributed by atoms with Gasteiger partial charge in [-0.25, -0.2) is 0 Å². The highest BCUT2D eigenvalue weighted by atomic mass is 16.5. The Morgan fingerprint density at radius 1 is 1.57 bits per heavy atom. The van der Waals surface area contributed by atoms with E-state index >= 15 is 0 Å². The van der Waals surface area contributed by atoms with Gasteiger partial charge in [0.2, 0.25) is 5.91 Å². The molecule has 1 saturated heterocycles. The Morgan fingerprint density at radius 2 is 2.29 bits per heavy atom. The first-order chi connectivity index (χ1) is 9.99. The lowest BCUT2D eigenvalue weighted by atomic mass is 9.93. The third-order valence-corrected chi connectivity index (χ3v) is 3.88. The Morgan fingerprint density at radius 3 is 2.86 bits per heavy atom. The normalized spacial score (nSPS) is 22.0. The molecule has 7 heteroatoms. The first-order valence-electron chi connectivity index (χ1n) is 7.03. The molecule has 0 spiro atoms. The SMILES string of the molecule is CCc1nn(C)cc1C1C(C(=O)O)CC(=O)N1CCOC. The van der Waals surface area contributed by atoms with Gasteiger partial charge in [0.05, 0.1) is 24.3 Å². The number of carboxylic acids is 1. The van der Waals surface area contributed by atoms with Gasteiger partial charge in [0, 0.05) is 38.9 Å². The van der Waals surface area contributed by atoms with Crippen LogP contribution in [0.25, 0.3) is 0 Å². The van der Waals surface area contributed by atoms with E-state index in [1.165, 1.54) is 0 Å². The van der Waals surface area contributed by atoms with Crippen LogP contribution in [-0.2, 0) is 27.8 Å². The molecule has 2 atom stereocenters. The number of hydrogen-bond acceptors (Lipinski definition) is 4. The van der Waals surface area contributed by atoms with Crippen LogP contribution in [0, 0.1) is 5.92 Å². The highest BCUT2D eigenvalue weighted by Crippen LogP contribution is 2.39. The summed E-state index contributed by atoms with van der Waals surface area (Å²) in [6.07, 6.45) is 2.55. The van der Waals surface area contributed by atoms with Crippen molar-refractivity contribution in [3.8, 4) is 0 Å². The van der Waals surface area contributed by atoms with Crippen LogP contribution in [0.2, 0.25) is 0 Å². The van der Waals surface area contributed by atoms with Gasteiger partial charge in [-0.05, 0) is 6.42 Å². The molecule has 1 aromatic heterocycles. The van der Waals surface area contributed by atoms with Crippen molar-refractivity contribution in [3.63, 3.8) is 0 Å². The van der Waals surface area contributed by atoms with E-state index in [0.717, 1.165) is 11.3 Å². The van der Waals surface area contributed by atoms with Gasteiger partial charge < -0.3 is 14.7 Å². The minimum absolute atomic E-state index is 0.0295. The van der Waals surface area contributed by atoms with Crippen molar-refractivity contribution in [2.24, 2.45) is 13.0 Å². The summed E-state index contributed by atoms with van der Waals surface area (Å²) in [5, 5.41) is 13.8. The second kappa shape index (κ2) is 6.26. The molecule has 1 aliphatic heterocycles. The average molecular weight is 295 g/mol. The number of amides is 1. The summed E-state index contributed by atoms with van der Waals surface area (Å²) in [4.78, 5) is 25.3. The fourth-order valence-corrected chi connectivity index (χ4v) is 2.92. The van der Waals surface area contributed by atoms with Crippen molar-refractivity contribution >= 4 is 11.9 Å². The van der Waals surface area contributed by atoms with Crippen molar-refractivity contribution in [2.75, 3.05) is 20.3 Å². The molecule has 1 aliphatic rings. The monoisotopic (exact) mass is 295 g/mol. The number of carbonyl (C=O) groups is 2. The zero-order chi connectivity index (χ0) is 15.6. The van der Waals surface area contributed by atoms with Crippen LogP contribution >= 0.6 is 0 Å². The molecule has 7 nitrogen and oxygen atoms in total. The average Bonchev–Trinajstić information content (AvgIpc) is 2.96. The van der Waals surface area contributed by atoms with E-state index in [4.69, 9.17) is 4.74 Å². The third kappa shape index (κ3) is 2.92. The van der Waals surface area contributed by atoms with Gasteiger partial charge >= 0.3 is 5.97 Å². The van der Waals surface area contributed by atoms with Gasteiger partial charge in [-0.3, -0.25) is 14.3 Å². The zero-order valence-electron chi connectivity index (χ0n) is 12.6. The number of rotatable bonds is 6. The zero-order valence-corrected chi connectivity index (χ0v) is 12.6. The number of hydrogen-bond donors (Lipinski definition) is 1. The van der Waals surface area contributed by atoms with Crippen LogP contribution in [0.15, 0.2) is 6.20 Å². The fraction of sp³-hybridized carbons (Fsp3) is 0.643. The highest BCUT2D eigenvalue weighted by molar-refractivity contribution is 5.87. The summed E-state index contributed by atoms with van der Waals surface area (Å²) in [7, 11) is 3.36. The molecule has 1 fully saturated rings. The summed E-state index contributed by atoms with van der Waals surface area (Å²) in [5.74, 6) is -1.82. The van der Waals surface area contributed by atoms with E-state index in [2.05, 4.69) is 5.10 Å². The summed E-state index contributed by atoms with van der Waals surface area (Å²) in [6.45, 7) is 2.75. The Kier molecular flexibility index (Phi) is 4.62. The Hall–Kier alpha value is -1.89. The molecule has 2 unspecified atom stereocenters. The van der Waals surface area contributed by atoms with Crippen LogP contribution in [-0.4, -0.2) is 51.9 Å². The molecule has 0 aliphatic carbocycles. The summed E-state index contributed by atoms with van der Waals surface area (Å²) < 4.78 is 6.70. The molecule has 21 heavy (non-hydrogen) atoms. The smallest absolute Gasteiger partial charge is 0.309 e. The molecule has 0 radical (unpaired) electrons. The lowest BCUT2D eigenvalue weighted by Crippen LogP contribution is -2.33. The molecule has 0 bridgehead atoms. The van der Waals surface area contributed by atoms with Crippen LogP contribution in [0.3, 0.4) is 0 Å². The molecular formula is C14H21N3O4. The van der Waals surface area contributed by atoms with Crippen molar-refractivity contribution in [3.05, 3.63) is 17.5 Å². The van der Waals surface area contributed by atoms with E-state index < -0.39 is 17.9 Å². The number of methoxy groups -OCH3 is 1. The maximum atomic E-state index is 12.2. The van der Waals surface area contributed by atoms with Gasteiger partial charge in [-0.2, -0.15) is 5.10 Å². The van der Waals surface area contributed by atoms with E-state index in [0.29, 0.717) is 19.6 Å². The Balaban J connectivity index is 2.41. The lowest BCUT2D eigenvalue weighted by molar-refractivity contribution is -0.142. The van der Waals surface area contributed by atoms with Gasteiger partial charge in [0.1, 0.15) is 0 Å². The highest BCUT2D eigenvalue weighted by Gasteiger charge is 2.45. The van der Waals surface area contributed by atoms with Crippen molar-refractivity contribution in [2.45, 2.75) is 25.8 Å². The molecule has 2 rings (SSSR count). The van der Waals surface area contributed by atoms with E-state index in [1.807, 2.05) is 13.1 Å². The first-order valence-corrected chi connectivity index (χ1v) is 7.03. The topological polar surface area (TPSA) is 84.7 Å². The summed E-state index contributed by atoms with van der Waals surface area (Å²) >= 11 is 0. The number of ether oxygens (including phenoxy) is 1. The predicted octanol–water partition coefficient (Wildman–Crippen LogP) is 0.603. The van der Waals surface area contributed by atoms with Crippen molar-refractivity contribution in [1.82, 2.24) is 14.7 Å². The molecule has 0 saturated carbocycles. The van der Waals surface area contributed by atoms with Gasteiger partial charge in [0.15, 0.2) is 0 Å². The first kappa shape index (κ1) is 15.5. The van der Waals surface area contributed by atoms with Crippen LogP contribution in [0.5, 0.6) is 0 Å². The quantitative estimate of drug-likeness (QED) is 0.831. The molecule has 1 amide bonds. The lowest BCUT2D eigenvalue weighted by Gasteiger charge is -2.26. The second-order valence-corrected chi connectivity index (χ2v) is 5.23. The van der Waals surface area contributed by atoms with Gasteiger partial charge in [-0.15, -0.1) is 0 Å². The molecule has 1 aromatic rings. The number of likely N-dealkylation sites (tertiary alicyclic amines) is 1. The fourth-order valence-electron chi connectivity index (χ4n) is 2.92. The number of aliphatic carboxylic acids is 1. The van der Waals surface area contributed by atoms with Gasteiger partial charge in [-0.1, -0.05) is 6.92 Å². The second-order valence-electron chi connectivity index (χ2n) is 5.23. The van der Waals surface area contributed by atoms with Crippen molar-refractivity contribution in [1.29, 1.82) is 0 Å². The molecule has 0 aromatic carbocycles.